The highest BCUT2D eigenvalue weighted by Crippen LogP contribution is 2.30. The van der Waals surface area contributed by atoms with E-state index in [1.165, 1.54) is 17.2 Å². The largest absolute Gasteiger partial charge is 0.416 e. The lowest BCUT2D eigenvalue weighted by Crippen LogP contribution is -2.35. The fourth-order valence-corrected chi connectivity index (χ4v) is 2.37. The summed E-state index contributed by atoms with van der Waals surface area (Å²) < 4.78 is 38.4. The summed E-state index contributed by atoms with van der Waals surface area (Å²) in [4.78, 5) is 9.81. The summed E-state index contributed by atoms with van der Waals surface area (Å²) in [6, 6.07) is 4.88. The van der Waals surface area contributed by atoms with Crippen LogP contribution in [0.1, 0.15) is 5.56 Å². The summed E-state index contributed by atoms with van der Waals surface area (Å²) in [5.41, 5.74) is 0.110. The Bertz CT molecular complexity index is 716. The molecule has 1 aromatic carbocycles. The van der Waals surface area contributed by atoms with Crippen LogP contribution in [0.3, 0.4) is 0 Å². The molecule has 0 saturated heterocycles. The van der Waals surface area contributed by atoms with Crippen molar-refractivity contribution in [1.82, 2.24) is 10.1 Å². The van der Waals surface area contributed by atoms with Crippen LogP contribution < -0.4 is 5.32 Å². The van der Waals surface area contributed by atoms with Crippen LogP contribution in [0.5, 0.6) is 0 Å². The second-order valence-electron chi connectivity index (χ2n) is 5.45. The predicted molar refractivity (Wildman–Crippen MR) is 85.7 cm³/mol. The monoisotopic (exact) mass is 354 g/mol. The Kier molecular flexibility index (Phi) is 4.95. The quantitative estimate of drug-likeness (QED) is 0.871. The zero-order chi connectivity index (χ0) is 17.9. The molecule has 0 aliphatic carbocycles. The van der Waals surface area contributed by atoms with E-state index in [0.717, 1.165) is 17.2 Å². The average molecular weight is 354 g/mol. The van der Waals surface area contributed by atoms with Crippen LogP contribution in [0.15, 0.2) is 53.2 Å². The van der Waals surface area contributed by atoms with Crippen LogP contribution in [0.25, 0.3) is 0 Å². The number of anilines is 1. The van der Waals surface area contributed by atoms with Gasteiger partial charge in [0.1, 0.15) is 6.61 Å². The van der Waals surface area contributed by atoms with Gasteiger partial charge in [-0.1, -0.05) is 18.2 Å². The van der Waals surface area contributed by atoms with Gasteiger partial charge < -0.3 is 5.32 Å². The van der Waals surface area contributed by atoms with Crippen LogP contribution in [-0.4, -0.2) is 47.5 Å². The van der Waals surface area contributed by atoms with E-state index >= 15 is 0 Å². The van der Waals surface area contributed by atoms with Gasteiger partial charge in [0.05, 0.1) is 30.9 Å². The molecule has 134 valence electrons. The van der Waals surface area contributed by atoms with Crippen molar-refractivity contribution in [1.29, 1.82) is 0 Å². The number of hydrogen-bond donors (Lipinski definition) is 2. The van der Waals surface area contributed by atoms with Gasteiger partial charge in [-0.25, -0.2) is 10.1 Å². The third-order valence-electron chi connectivity index (χ3n) is 3.65. The lowest BCUT2D eigenvalue weighted by atomic mass is 10.2. The number of halogens is 3. The van der Waals surface area contributed by atoms with Crippen molar-refractivity contribution in [3.63, 3.8) is 0 Å². The first-order valence-electron chi connectivity index (χ1n) is 7.65. The van der Waals surface area contributed by atoms with Gasteiger partial charge in [-0.3, -0.25) is 15.1 Å². The van der Waals surface area contributed by atoms with E-state index in [9.17, 15) is 18.4 Å². The van der Waals surface area contributed by atoms with Crippen molar-refractivity contribution in [3.05, 3.63) is 53.8 Å². The molecule has 2 aliphatic rings. The third-order valence-corrected chi connectivity index (χ3v) is 3.65. The first kappa shape index (κ1) is 17.3. The zero-order valence-corrected chi connectivity index (χ0v) is 13.2. The Labute approximate surface area is 142 Å². The van der Waals surface area contributed by atoms with Crippen molar-refractivity contribution >= 4 is 11.6 Å². The van der Waals surface area contributed by atoms with Crippen LogP contribution >= 0.6 is 0 Å². The van der Waals surface area contributed by atoms with E-state index in [-0.39, 0.29) is 12.3 Å². The molecule has 0 bridgehead atoms. The third kappa shape index (κ3) is 4.31. The topological polar surface area (TPSA) is 60.3 Å². The fraction of sp³-hybridized carbons (Fsp3) is 0.312. The minimum absolute atomic E-state index is 0.115. The Morgan fingerprint density at radius 2 is 2.16 bits per heavy atom. The Balaban J connectivity index is 1.62. The minimum Gasteiger partial charge on any atom is -0.324 e. The molecule has 0 aromatic heterocycles. The van der Waals surface area contributed by atoms with E-state index in [4.69, 9.17) is 4.84 Å². The maximum absolute atomic E-state index is 12.8. The first-order valence-corrected chi connectivity index (χ1v) is 7.65. The first-order chi connectivity index (χ1) is 11.9. The van der Waals surface area contributed by atoms with Gasteiger partial charge in [0.15, 0.2) is 0 Å². The fourth-order valence-electron chi connectivity index (χ4n) is 2.37. The van der Waals surface area contributed by atoms with Crippen LogP contribution in [0.4, 0.5) is 18.9 Å². The van der Waals surface area contributed by atoms with Gasteiger partial charge in [-0.2, -0.15) is 13.2 Å². The number of benzene rings is 1. The Morgan fingerprint density at radius 1 is 1.32 bits per heavy atom. The van der Waals surface area contributed by atoms with Gasteiger partial charge in [0.2, 0.25) is 5.96 Å². The predicted octanol–water partition coefficient (Wildman–Crippen LogP) is 2.87. The van der Waals surface area contributed by atoms with Gasteiger partial charge in [-0.15, -0.1) is 0 Å². The molecule has 25 heavy (non-hydrogen) atoms. The van der Waals surface area contributed by atoms with E-state index < -0.39 is 11.7 Å². The Hall–Kier alpha value is -2.52. The lowest BCUT2D eigenvalue weighted by Gasteiger charge is -2.25. The molecular formula is C16H17F3N4O2. The zero-order valence-electron chi connectivity index (χ0n) is 13.2. The average Bonchev–Trinajstić information content (AvgIpc) is 3.01. The number of aliphatic imine (C=N–C) groups is 1. The highest BCUT2D eigenvalue weighted by atomic mass is 19.4. The molecule has 1 aromatic rings. The van der Waals surface area contributed by atoms with Crippen LogP contribution in [0.2, 0.25) is 0 Å². The summed E-state index contributed by atoms with van der Waals surface area (Å²) in [7, 11) is 0. The number of hydrogen-bond acceptors (Lipinski definition) is 6. The van der Waals surface area contributed by atoms with Gasteiger partial charge in [-0.05, 0) is 24.3 Å². The summed E-state index contributed by atoms with van der Waals surface area (Å²) >= 11 is 0. The lowest BCUT2D eigenvalue weighted by molar-refractivity contribution is -0.137. The van der Waals surface area contributed by atoms with Crippen molar-refractivity contribution in [2.24, 2.45) is 4.99 Å². The van der Waals surface area contributed by atoms with E-state index in [1.807, 2.05) is 6.08 Å². The SMILES string of the molecule is ON1CC=CC=C1CON1CCN=C1Nc1cccc(C(F)(F)F)c1. The highest BCUT2D eigenvalue weighted by molar-refractivity contribution is 5.94. The molecule has 9 heteroatoms. The van der Waals surface area contributed by atoms with Gasteiger partial charge in [0, 0.05) is 5.69 Å². The normalized spacial score (nSPS) is 17.6. The molecule has 0 spiro atoms. The van der Waals surface area contributed by atoms with E-state index in [2.05, 4.69) is 10.3 Å². The second-order valence-corrected chi connectivity index (χ2v) is 5.45. The molecule has 2 aliphatic heterocycles. The van der Waals surface area contributed by atoms with E-state index in [0.29, 0.717) is 31.3 Å². The van der Waals surface area contributed by atoms with Gasteiger partial charge >= 0.3 is 6.18 Å². The smallest absolute Gasteiger partial charge is 0.324 e. The maximum atomic E-state index is 12.8. The molecule has 0 unspecified atom stereocenters. The van der Waals surface area contributed by atoms with E-state index in [1.54, 1.807) is 12.2 Å². The highest BCUT2D eigenvalue weighted by Gasteiger charge is 2.30. The number of nitrogens with zero attached hydrogens (tertiary/aromatic N) is 3. The molecule has 0 atom stereocenters. The number of guanidine groups is 1. The second kappa shape index (κ2) is 7.16. The number of nitrogens with one attached hydrogen (secondary N) is 1. The number of hydroxylamine groups is 4. The minimum atomic E-state index is -4.41. The van der Waals surface area contributed by atoms with Crippen molar-refractivity contribution in [2.75, 3.05) is 31.6 Å². The van der Waals surface area contributed by atoms with Crippen molar-refractivity contribution in [2.45, 2.75) is 6.18 Å². The summed E-state index contributed by atoms with van der Waals surface area (Å²) in [5, 5.41) is 15.1. The molecule has 6 nitrogen and oxygen atoms in total. The van der Waals surface area contributed by atoms with Crippen molar-refractivity contribution < 1.29 is 23.2 Å². The number of alkyl halides is 3. The summed E-state index contributed by atoms with van der Waals surface area (Å²) in [5.74, 6) is 0.329. The number of allylic oxidation sites excluding steroid dienone is 2. The van der Waals surface area contributed by atoms with Crippen LogP contribution in [0, 0.1) is 0 Å². The van der Waals surface area contributed by atoms with Crippen LogP contribution in [-0.2, 0) is 11.0 Å². The van der Waals surface area contributed by atoms with Gasteiger partial charge in [0.25, 0.3) is 0 Å². The van der Waals surface area contributed by atoms with Crippen molar-refractivity contribution in [3.8, 4) is 0 Å². The summed E-state index contributed by atoms with van der Waals surface area (Å²) in [6.07, 6.45) is 0.917. The molecule has 0 amide bonds. The molecule has 3 rings (SSSR count). The summed E-state index contributed by atoms with van der Waals surface area (Å²) in [6.45, 7) is 1.42. The molecule has 2 heterocycles. The molecule has 0 fully saturated rings. The molecular weight excluding hydrogens is 337 g/mol. The maximum Gasteiger partial charge on any atom is 0.416 e. The number of rotatable bonds is 4. The molecule has 0 radical (unpaired) electrons. The Morgan fingerprint density at radius 3 is 2.92 bits per heavy atom. The molecule has 0 saturated carbocycles. The molecule has 2 N–H and O–H groups in total. The standard InChI is InChI=1S/C16H17F3N4O2/c17-16(18,19)12-4-3-5-13(10-12)21-15-20-7-9-23(15)25-11-14-6-1-2-8-22(14)24/h1-6,10,24H,7-9,11H2,(H,20,21).